The van der Waals surface area contributed by atoms with Crippen molar-refractivity contribution in [3.8, 4) is 11.3 Å². The van der Waals surface area contributed by atoms with E-state index in [-0.39, 0.29) is 5.25 Å². The molecule has 4 rings (SSSR count). The zero-order valence-electron chi connectivity index (χ0n) is 13.2. The third-order valence-electron chi connectivity index (χ3n) is 4.38. The second-order valence-corrected chi connectivity index (χ2v) is 8.35. The molecule has 1 aliphatic rings. The summed E-state index contributed by atoms with van der Waals surface area (Å²) in [6.07, 6.45) is 3.39. The summed E-state index contributed by atoms with van der Waals surface area (Å²) in [6.45, 7) is 1.14. The van der Waals surface area contributed by atoms with Crippen LogP contribution in [0.4, 0.5) is 5.82 Å². The van der Waals surface area contributed by atoms with E-state index in [0.717, 1.165) is 17.1 Å². The first-order valence-corrected chi connectivity index (χ1v) is 9.68. The van der Waals surface area contributed by atoms with Gasteiger partial charge in [-0.05, 0) is 6.42 Å². The fourth-order valence-electron chi connectivity index (χ4n) is 3.06. The van der Waals surface area contributed by atoms with Gasteiger partial charge in [0.1, 0.15) is 12.1 Å². The lowest BCUT2D eigenvalue weighted by atomic mass is 10.1. The Kier molecular flexibility index (Phi) is 3.49. The number of fused-ring (bicyclic) bond motifs is 1. The predicted octanol–water partition coefficient (Wildman–Crippen LogP) is 1.41. The SMILES string of the molecule is CS(=O)(=O)C1CCN(c2cc(-c3ccccc3)nc3ncnn23)C1. The fraction of sp³-hybridized carbons (Fsp3) is 0.312. The molecule has 0 N–H and O–H groups in total. The molecule has 1 unspecified atom stereocenters. The summed E-state index contributed by atoms with van der Waals surface area (Å²) >= 11 is 0. The molecule has 8 heteroatoms. The van der Waals surface area contributed by atoms with Gasteiger partial charge in [-0.15, -0.1) is 0 Å². The topological polar surface area (TPSA) is 80.5 Å². The molecule has 0 saturated carbocycles. The molecule has 0 amide bonds. The number of benzene rings is 1. The number of sulfone groups is 1. The maximum atomic E-state index is 11.8. The van der Waals surface area contributed by atoms with E-state index in [1.54, 1.807) is 4.52 Å². The quantitative estimate of drug-likeness (QED) is 0.715. The van der Waals surface area contributed by atoms with E-state index in [1.807, 2.05) is 41.3 Å². The molecule has 3 aromatic rings. The van der Waals surface area contributed by atoms with Crippen molar-refractivity contribution in [2.75, 3.05) is 24.2 Å². The highest BCUT2D eigenvalue weighted by molar-refractivity contribution is 7.91. The van der Waals surface area contributed by atoms with Crippen LogP contribution in [0.15, 0.2) is 42.7 Å². The lowest BCUT2D eigenvalue weighted by Crippen LogP contribution is -2.27. The Morgan fingerprint density at radius 2 is 2.00 bits per heavy atom. The number of hydrogen-bond donors (Lipinski definition) is 0. The molecule has 1 aliphatic heterocycles. The summed E-state index contributed by atoms with van der Waals surface area (Å²) in [7, 11) is -3.05. The largest absolute Gasteiger partial charge is 0.355 e. The zero-order chi connectivity index (χ0) is 16.7. The van der Waals surface area contributed by atoms with E-state index >= 15 is 0 Å². The number of aromatic nitrogens is 4. The van der Waals surface area contributed by atoms with Crippen LogP contribution in [0.5, 0.6) is 0 Å². The van der Waals surface area contributed by atoms with E-state index < -0.39 is 9.84 Å². The Morgan fingerprint density at radius 1 is 1.21 bits per heavy atom. The van der Waals surface area contributed by atoms with Crippen LogP contribution < -0.4 is 4.90 Å². The number of anilines is 1. The van der Waals surface area contributed by atoms with Gasteiger partial charge in [0, 0.05) is 31.0 Å². The zero-order valence-corrected chi connectivity index (χ0v) is 14.0. The first-order valence-electron chi connectivity index (χ1n) is 7.72. The van der Waals surface area contributed by atoms with Gasteiger partial charge >= 0.3 is 0 Å². The third-order valence-corrected chi connectivity index (χ3v) is 5.97. The van der Waals surface area contributed by atoms with Gasteiger partial charge in [-0.2, -0.15) is 14.6 Å². The van der Waals surface area contributed by atoms with Crippen LogP contribution in [0.3, 0.4) is 0 Å². The van der Waals surface area contributed by atoms with E-state index in [4.69, 9.17) is 0 Å². The number of hydrogen-bond acceptors (Lipinski definition) is 6. The highest BCUT2D eigenvalue weighted by Crippen LogP contribution is 2.27. The molecule has 2 aromatic heterocycles. The third kappa shape index (κ3) is 2.62. The van der Waals surface area contributed by atoms with Crippen molar-refractivity contribution in [3.63, 3.8) is 0 Å². The van der Waals surface area contributed by atoms with E-state index in [9.17, 15) is 8.42 Å². The van der Waals surface area contributed by atoms with Crippen LogP contribution in [-0.2, 0) is 9.84 Å². The Bertz CT molecular complexity index is 984. The average molecular weight is 343 g/mol. The highest BCUT2D eigenvalue weighted by atomic mass is 32.2. The molecule has 1 fully saturated rings. The maximum absolute atomic E-state index is 11.8. The normalized spacial score (nSPS) is 18.4. The second kappa shape index (κ2) is 5.55. The van der Waals surface area contributed by atoms with Crippen molar-refractivity contribution in [3.05, 3.63) is 42.7 Å². The smallest absolute Gasteiger partial charge is 0.254 e. The molecular formula is C16H17N5O2S. The standard InChI is InChI=1S/C16H17N5O2S/c1-24(22,23)13-7-8-20(10-13)15-9-14(12-5-3-2-4-6-12)19-16-17-11-18-21(15)16/h2-6,9,11,13H,7-8,10H2,1H3. The molecule has 1 aromatic carbocycles. The summed E-state index contributed by atoms with van der Waals surface area (Å²) in [5, 5.41) is 3.89. The van der Waals surface area contributed by atoms with Crippen molar-refractivity contribution >= 4 is 21.4 Å². The van der Waals surface area contributed by atoms with E-state index in [0.29, 0.717) is 25.3 Å². The first-order chi connectivity index (χ1) is 11.5. The van der Waals surface area contributed by atoms with Gasteiger partial charge in [-0.3, -0.25) is 0 Å². The van der Waals surface area contributed by atoms with Crippen LogP contribution in [-0.4, -0.2) is 52.6 Å². The minimum Gasteiger partial charge on any atom is -0.355 e. The lowest BCUT2D eigenvalue weighted by Gasteiger charge is -2.19. The molecule has 0 aliphatic carbocycles. The van der Waals surface area contributed by atoms with Crippen molar-refractivity contribution in [2.24, 2.45) is 0 Å². The maximum Gasteiger partial charge on any atom is 0.254 e. The Morgan fingerprint density at radius 3 is 2.71 bits per heavy atom. The van der Waals surface area contributed by atoms with Crippen LogP contribution in [0.2, 0.25) is 0 Å². The van der Waals surface area contributed by atoms with Gasteiger partial charge in [0.15, 0.2) is 9.84 Å². The summed E-state index contributed by atoms with van der Waals surface area (Å²) in [5.41, 5.74) is 1.79. The monoisotopic (exact) mass is 343 g/mol. The van der Waals surface area contributed by atoms with Crippen molar-refractivity contribution in [2.45, 2.75) is 11.7 Å². The first kappa shape index (κ1) is 15.1. The molecule has 1 saturated heterocycles. The van der Waals surface area contributed by atoms with E-state index in [2.05, 4.69) is 15.1 Å². The molecular weight excluding hydrogens is 326 g/mol. The Labute approximate surface area is 139 Å². The predicted molar refractivity (Wildman–Crippen MR) is 91.7 cm³/mol. The van der Waals surface area contributed by atoms with Crippen LogP contribution in [0.25, 0.3) is 17.0 Å². The number of rotatable bonds is 3. The molecule has 24 heavy (non-hydrogen) atoms. The van der Waals surface area contributed by atoms with Gasteiger partial charge in [-0.1, -0.05) is 30.3 Å². The summed E-state index contributed by atoms with van der Waals surface area (Å²) in [4.78, 5) is 10.8. The number of nitrogens with zero attached hydrogens (tertiary/aromatic N) is 5. The summed E-state index contributed by atoms with van der Waals surface area (Å²) < 4.78 is 25.3. The lowest BCUT2D eigenvalue weighted by molar-refractivity contribution is 0.589. The Balaban J connectivity index is 1.79. The van der Waals surface area contributed by atoms with Crippen molar-refractivity contribution < 1.29 is 8.42 Å². The molecule has 1 atom stereocenters. The van der Waals surface area contributed by atoms with Gasteiger partial charge in [0.25, 0.3) is 5.78 Å². The molecule has 3 heterocycles. The highest BCUT2D eigenvalue weighted by Gasteiger charge is 2.31. The second-order valence-electron chi connectivity index (χ2n) is 6.02. The van der Waals surface area contributed by atoms with Crippen molar-refractivity contribution in [1.29, 1.82) is 0 Å². The van der Waals surface area contributed by atoms with Crippen LogP contribution in [0.1, 0.15) is 6.42 Å². The minimum absolute atomic E-state index is 0.343. The molecule has 7 nitrogen and oxygen atoms in total. The summed E-state index contributed by atoms with van der Waals surface area (Å²) in [5.74, 6) is 1.33. The van der Waals surface area contributed by atoms with Gasteiger partial charge in [0.05, 0.1) is 10.9 Å². The summed E-state index contributed by atoms with van der Waals surface area (Å²) in [6, 6.07) is 11.8. The molecule has 0 bridgehead atoms. The van der Waals surface area contributed by atoms with E-state index in [1.165, 1.54) is 12.6 Å². The van der Waals surface area contributed by atoms with Gasteiger partial charge < -0.3 is 4.90 Å². The van der Waals surface area contributed by atoms with Gasteiger partial charge in [-0.25, -0.2) is 13.4 Å². The average Bonchev–Trinajstić information content (AvgIpc) is 3.23. The van der Waals surface area contributed by atoms with Crippen molar-refractivity contribution in [1.82, 2.24) is 19.6 Å². The van der Waals surface area contributed by atoms with Gasteiger partial charge in [0.2, 0.25) is 0 Å². The Hall–Kier alpha value is -2.48. The molecule has 124 valence electrons. The fourth-order valence-corrected chi connectivity index (χ4v) is 4.05. The van der Waals surface area contributed by atoms with Crippen LogP contribution >= 0.6 is 0 Å². The molecule has 0 spiro atoms. The minimum atomic E-state index is -3.05. The van der Waals surface area contributed by atoms with Crippen LogP contribution in [0, 0.1) is 0 Å². The molecule has 0 radical (unpaired) electrons.